The molecule has 0 heterocycles. The zero-order valence-electron chi connectivity index (χ0n) is 12.1. The average molecular weight is 319 g/mol. The molecule has 0 aromatic heterocycles. The summed E-state index contributed by atoms with van der Waals surface area (Å²) in [6, 6.07) is 6.34. The molecule has 1 N–H and O–H groups in total. The van der Waals surface area contributed by atoms with Crippen molar-refractivity contribution in [3.05, 3.63) is 35.9 Å². The molecule has 0 bridgehead atoms. The first kappa shape index (κ1) is 18.0. The standard InChI is InChI=1S/C14H16F3NO4/c1-3-22-12(20)13(14(15,16)17,18-11(19)9-21-2)10-7-5-4-6-8-10/h4-8H,3,9H2,1-2H3,(H,18,19). The van der Waals surface area contributed by atoms with E-state index < -0.39 is 35.8 Å². The lowest BCUT2D eigenvalue weighted by molar-refractivity contribution is -0.217. The lowest BCUT2D eigenvalue weighted by atomic mass is 9.88. The normalized spacial score (nSPS) is 14.0. The van der Waals surface area contributed by atoms with Gasteiger partial charge in [-0.05, 0) is 12.5 Å². The van der Waals surface area contributed by atoms with E-state index in [-0.39, 0.29) is 6.61 Å². The number of esters is 1. The maximum Gasteiger partial charge on any atom is 0.426 e. The molecule has 0 aliphatic carbocycles. The highest BCUT2D eigenvalue weighted by Gasteiger charge is 2.64. The van der Waals surface area contributed by atoms with Gasteiger partial charge in [0, 0.05) is 7.11 Å². The van der Waals surface area contributed by atoms with Crippen LogP contribution in [-0.2, 0) is 24.6 Å². The number of hydrogen-bond acceptors (Lipinski definition) is 4. The van der Waals surface area contributed by atoms with Crippen LogP contribution >= 0.6 is 0 Å². The molecule has 122 valence electrons. The van der Waals surface area contributed by atoms with Gasteiger partial charge in [-0.1, -0.05) is 30.3 Å². The minimum atomic E-state index is -5.09. The summed E-state index contributed by atoms with van der Waals surface area (Å²) in [5.74, 6) is -2.69. The van der Waals surface area contributed by atoms with Gasteiger partial charge < -0.3 is 14.8 Å². The number of ether oxygens (including phenoxy) is 2. The third-order valence-electron chi connectivity index (χ3n) is 2.82. The second kappa shape index (κ2) is 7.26. The van der Waals surface area contributed by atoms with Crippen molar-refractivity contribution in [2.75, 3.05) is 20.3 Å². The van der Waals surface area contributed by atoms with Crippen molar-refractivity contribution in [1.29, 1.82) is 0 Å². The van der Waals surface area contributed by atoms with E-state index in [1.807, 2.05) is 0 Å². The minimum Gasteiger partial charge on any atom is -0.464 e. The maximum atomic E-state index is 13.7. The van der Waals surface area contributed by atoms with Gasteiger partial charge in [0.15, 0.2) is 0 Å². The molecule has 1 rings (SSSR count). The number of nitrogens with one attached hydrogen (secondary N) is 1. The smallest absolute Gasteiger partial charge is 0.426 e. The average Bonchev–Trinajstić information content (AvgIpc) is 2.45. The molecule has 1 aromatic carbocycles. The van der Waals surface area contributed by atoms with Crippen molar-refractivity contribution < 1.29 is 32.2 Å². The molecule has 22 heavy (non-hydrogen) atoms. The molecular formula is C14H16F3NO4. The molecule has 0 fully saturated rings. The van der Waals surface area contributed by atoms with Crippen LogP contribution in [0.2, 0.25) is 0 Å². The molecule has 0 saturated heterocycles. The Labute approximate surface area is 125 Å². The van der Waals surface area contributed by atoms with Crippen LogP contribution in [0.1, 0.15) is 12.5 Å². The van der Waals surface area contributed by atoms with Gasteiger partial charge in [0.25, 0.3) is 5.54 Å². The maximum absolute atomic E-state index is 13.7. The Balaban J connectivity index is 3.44. The first-order valence-electron chi connectivity index (χ1n) is 6.39. The fourth-order valence-electron chi connectivity index (χ4n) is 1.90. The van der Waals surface area contributed by atoms with Crippen LogP contribution in [0, 0.1) is 0 Å². The number of alkyl halides is 3. The topological polar surface area (TPSA) is 64.6 Å². The molecule has 0 aliphatic heterocycles. The molecule has 5 nitrogen and oxygen atoms in total. The van der Waals surface area contributed by atoms with Gasteiger partial charge in [-0.3, -0.25) is 4.79 Å². The van der Waals surface area contributed by atoms with Crippen molar-refractivity contribution in [1.82, 2.24) is 5.32 Å². The molecule has 1 aromatic rings. The third-order valence-corrected chi connectivity index (χ3v) is 2.82. The second-order valence-electron chi connectivity index (χ2n) is 4.32. The Morgan fingerprint density at radius 3 is 2.23 bits per heavy atom. The Morgan fingerprint density at radius 2 is 1.77 bits per heavy atom. The summed E-state index contributed by atoms with van der Waals surface area (Å²) in [6.45, 7) is 0.495. The van der Waals surface area contributed by atoms with Crippen molar-refractivity contribution in [2.45, 2.75) is 18.6 Å². The summed E-state index contributed by atoms with van der Waals surface area (Å²) >= 11 is 0. The highest BCUT2D eigenvalue weighted by Crippen LogP contribution is 2.40. The van der Waals surface area contributed by atoms with E-state index in [2.05, 4.69) is 9.47 Å². The van der Waals surface area contributed by atoms with Crippen LogP contribution in [0.5, 0.6) is 0 Å². The van der Waals surface area contributed by atoms with Gasteiger partial charge in [-0.15, -0.1) is 0 Å². The summed E-state index contributed by atoms with van der Waals surface area (Å²) < 4.78 is 50.1. The Hall–Kier alpha value is -2.09. The number of rotatable bonds is 6. The SMILES string of the molecule is CCOC(=O)C(NC(=O)COC)(c1ccccc1)C(F)(F)F. The van der Waals surface area contributed by atoms with Gasteiger partial charge >= 0.3 is 12.1 Å². The summed E-state index contributed by atoms with van der Waals surface area (Å²) in [6.07, 6.45) is -5.09. The highest BCUT2D eigenvalue weighted by atomic mass is 19.4. The largest absolute Gasteiger partial charge is 0.464 e. The molecule has 1 atom stereocenters. The van der Waals surface area contributed by atoms with Gasteiger partial charge in [-0.2, -0.15) is 13.2 Å². The van der Waals surface area contributed by atoms with Crippen LogP contribution in [0.15, 0.2) is 30.3 Å². The lowest BCUT2D eigenvalue weighted by Gasteiger charge is -2.34. The molecular weight excluding hydrogens is 303 g/mol. The van der Waals surface area contributed by atoms with E-state index in [0.29, 0.717) is 0 Å². The van der Waals surface area contributed by atoms with Crippen molar-refractivity contribution in [2.24, 2.45) is 0 Å². The van der Waals surface area contributed by atoms with E-state index in [1.165, 1.54) is 25.1 Å². The van der Waals surface area contributed by atoms with Crippen molar-refractivity contribution in [3.63, 3.8) is 0 Å². The fourth-order valence-corrected chi connectivity index (χ4v) is 1.90. The number of benzene rings is 1. The molecule has 0 aliphatic rings. The Kier molecular flexibility index (Phi) is 5.92. The Bertz CT molecular complexity index is 519. The van der Waals surface area contributed by atoms with Crippen LogP contribution in [0.4, 0.5) is 13.2 Å². The quantitative estimate of drug-likeness (QED) is 0.812. The van der Waals surface area contributed by atoms with Crippen molar-refractivity contribution in [3.8, 4) is 0 Å². The zero-order chi connectivity index (χ0) is 16.8. The molecule has 1 amide bonds. The van der Waals surface area contributed by atoms with E-state index in [1.54, 1.807) is 5.32 Å². The first-order valence-corrected chi connectivity index (χ1v) is 6.39. The van der Waals surface area contributed by atoms with Gasteiger partial charge in [-0.25, -0.2) is 4.79 Å². The van der Waals surface area contributed by atoms with E-state index >= 15 is 0 Å². The van der Waals surface area contributed by atoms with Crippen LogP contribution in [-0.4, -0.2) is 38.4 Å². The second-order valence-corrected chi connectivity index (χ2v) is 4.32. The number of halogens is 3. The predicted molar refractivity (Wildman–Crippen MR) is 70.8 cm³/mol. The summed E-state index contributed by atoms with van der Waals surface area (Å²) in [7, 11) is 1.15. The first-order chi connectivity index (χ1) is 10.3. The summed E-state index contributed by atoms with van der Waals surface area (Å²) in [5, 5.41) is 1.71. The van der Waals surface area contributed by atoms with Gasteiger partial charge in [0.1, 0.15) is 6.61 Å². The molecule has 0 spiro atoms. The van der Waals surface area contributed by atoms with Gasteiger partial charge in [0.2, 0.25) is 5.91 Å². The lowest BCUT2D eigenvalue weighted by Crippen LogP contribution is -2.62. The molecule has 0 saturated carbocycles. The number of carbonyl (C=O) groups is 2. The highest BCUT2D eigenvalue weighted by molar-refractivity contribution is 5.90. The summed E-state index contributed by atoms with van der Waals surface area (Å²) in [5.41, 5.74) is -3.72. The van der Waals surface area contributed by atoms with Crippen LogP contribution in [0.25, 0.3) is 0 Å². The minimum absolute atomic E-state index is 0.260. The number of amides is 1. The summed E-state index contributed by atoms with van der Waals surface area (Å²) in [4.78, 5) is 23.7. The molecule has 0 radical (unpaired) electrons. The number of carbonyl (C=O) groups excluding carboxylic acids is 2. The fraction of sp³-hybridized carbons (Fsp3) is 0.429. The van der Waals surface area contributed by atoms with Crippen LogP contribution < -0.4 is 5.32 Å². The molecule has 1 unspecified atom stereocenters. The van der Waals surface area contributed by atoms with E-state index in [4.69, 9.17) is 0 Å². The Morgan fingerprint density at radius 1 is 1.18 bits per heavy atom. The van der Waals surface area contributed by atoms with E-state index in [0.717, 1.165) is 19.2 Å². The number of methoxy groups -OCH3 is 1. The molecule has 8 heteroatoms. The van der Waals surface area contributed by atoms with E-state index in [9.17, 15) is 22.8 Å². The van der Waals surface area contributed by atoms with Crippen LogP contribution in [0.3, 0.4) is 0 Å². The zero-order valence-corrected chi connectivity index (χ0v) is 12.1. The third kappa shape index (κ3) is 3.56. The monoisotopic (exact) mass is 319 g/mol. The number of hydrogen-bond donors (Lipinski definition) is 1. The van der Waals surface area contributed by atoms with Gasteiger partial charge in [0.05, 0.1) is 6.61 Å². The van der Waals surface area contributed by atoms with Crippen molar-refractivity contribution >= 4 is 11.9 Å². The predicted octanol–water partition coefficient (Wildman–Crippen LogP) is 1.77.